The molecule has 3 rings (SSSR count). The van der Waals surface area contributed by atoms with Crippen LogP contribution in [0, 0.1) is 6.92 Å². The summed E-state index contributed by atoms with van der Waals surface area (Å²) in [5.41, 5.74) is 1.09. The summed E-state index contributed by atoms with van der Waals surface area (Å²) < 4.78 is 0. The second-order valence-corrected chi connectivity index (χ2v) is 6.41. The van der Waals surface area contributed by atoms with Gasteiger partial charge in [0.15, 0.2) is 0 Å². The molecule has 1 amide bonds. The van der Waals surface area contributed by atoms with Gasteiger partial charge in [0.2, 0.25) is 0 Å². The summed E-state index contributed by atoms with van der Waals surface area (Å²) >= 11 is 1.44. The van der Waals surface area contributed by atoms with Crippen molar-refractivity contribution in [3.63, 3.8) is 0 Å². The number of thiophene rings is 1. The van der Waals surface area contributed by atoms with E-state index in [9.17, 15) is 4.79 Å². The fourth-order valence-corrected chi connectivity index (χ4v) is 3.15. The van der Waals surface area contributed by atoms with Crippen molar-refractivity contribution in [3.8, 4) is 0 Å². The highest BCUT2D eigenvalue weighted by Gasteiger charge is 2.16. The van der Waals surface area contributed by atoms with Gasteiger partial charge in [-0.25, -0.2) is 9.97 Å². The normalized spacial score (nSPS) is 15.8. The van der Waals surface area contributed by atoms with Crippen LogP contribution in [0.15, 0.2) is 23.8 Å². The number of anilines is 2. The van der Waals surface area contributed by atoms with Gasteiger partial charge >= 0.3 is 0 Å². The fraction of sp³-hybridized carbons (Fsp3) is 0.400. The maximum Gasteiger partial charge on any atom is 0.266 e. The number of nitrogens with one attached hydrogen (secondary N) is 1. The molecule has 6 nitrogen and oxygen atoms in total. The smallest absolute Gasteiger partial charge is 0.266 e. The molecule has 1 aliphatic rings. The molecule has 1 N–H and O–H groups in total. The quantitative estimate of drug-likeness (QED) is 0.936. The highest BCUT2D eigenvalue weighted by atomic mass is 32.1. The predicted molar refractivity (Wildman–Crippen MR) is 88.8 cm³/mol. The molecule has 0 bridgehead atoms. The molecule has 0 aliphatic carbocycles. The van der Waals surface area contributed by atoms with E-state index in [0.29, 0.717) is 10.7 Å². The second-order valence-electron chi connectivity index (χ2n) is 5.49. The Morgan fingerprint density at radius 2 is 2.00 bits per heavy atom. The SMILES string of the molecule is Cc1csc(C(=O)Nc2cc(N3CCN(C)CC3)ncn2)c1. The molecule has 2 aromatic heterocycles. The molecule has 0 radical (unpaired) electrons. The maximum atomic E-state index is 12.2. The summed E-state index contributed by atoms with van der Waals surface area (Å²) in [4.78, 5) is 25.8. The van der Waals surface area contributed by atoms with Crippen molar-refractivity contribution >= 4 is 28.9 Å². The van der Waals surface area contributed by atoms with E-state index in [4.69, 9.17) is 0 Å². The van der Waals surface area contributed by atoms with E-state index in [2.05, 4.69) is 32.1 Å². The van der Waals surface area contributed by atoms with Crippen molar-refractivity contribution in [2.24, 2.45) is 0 Å². The first-order valence-corrected chi connectivity index (χ1v) is 8.12. The molecule has 2 aromatic rings. The van der Waals surface area contributed by atoms with Crippen LogP contribution < -0.4 is 10.2 Å². The molecule has 0 spiro atoms. The third-order valence-corrected chi connectivity index (χ3v) is 4.72. The third-order valence-electron chi connectivity index (χ3n) is 3.68. The topological polar surface area (TPSA) is 61.4 Å². The molecule has 1 fully saturated rings. The highest BCUT2D eigenvalue weighted by molar-refractivity contribution is 7.12. The summed E-state index contributed by atoms with van der Waals surface area (Å²) in [6, 6.07) is 3.71. The zero-order valence-corrected chi connectivity index (χ0v) is 13.6. The third kappa shape index (κ3) is 3.42. The van der Waals surface area contributed by atoms with Gasteiger partial charge in [-0.1, -0.05) is 0 Å². The number of piperazine rings is 1. The molecular weight excluding hydrogens is 298 g/mol. The van der Waals surface area contributed by atoms with E-state index in [-0.39, 0.29) is 5.91 Å². The average Bonchev–Trinajstić information content (AvgIpc) is 2.95. The first-order valence-electron chi connectivity index (χ1n) is 7.24. The van der Waals surface area contributed by atoms with Gasteiger partial charge in [0.05, 0.1) is 4.88 Å². The number of carbonyl (C=O) groups excluding carboxylic acids is 1. The van der Waals surface area contributed by atoms with Crippen LogP contribution in [0.25, 0.3) is 0 Å². The molecular formula is C15H19N5OS. The lowest BCUT2D eigenvalue weighted by molar-refractivity contribution is 0.103. The number of amides is 1. The van der Waals surface area contributed by atoms with Crippen LogP contribution in [0.1, 0.15) is 15.2 Å². The van der Waals surface area contributed by atoms with Crippen molar-refractivity contribution in [2.45, 2.75) is 6.92 Å². The summed E-state index contributed by atoms with van der Waals surface area (Å²) in [6.07, 6.45) is 1.50. The number of aromatic nitrogens is 2. The van der Waals surface area contributed by atoms with E-state index in [1.807, 2.05) is 24.4 Å². The van der Waals surface area contributed by atoms with Crippen LogP contribution in [-0.4, -0.2) is 54.0 Å². The first kappa shape index (κ1) is 14.9. The van der Waals surface area contributed by atoms with Gasteiger partial charge in [0.25, 0.3) is 5.91 Å². The van der Waals surface area contributed by atoms with Crippen LogP contribution in [0.5, 0.6) is 0 Å². The van der Waals surface area contributed by atoms with Gasteiger partial charge in [-0.2, -0.15) is 0 Å². The Morgan fingerprint density at radius 1 is 1.23 bits per heavy atom. The average molecular weight is 317 g/mol. The van der Waals surface area contributed by atoms with Gasteiger partial charge in [0, 0.05) is 32.2 Å². The van der Waals surface area contributed by atoms with Crippen molar-refractivity contribution in [3.05, 3.63) is 34.3 Å². The number of hydrogen-bond acceptors (Lipinski definition) is 6. The van der Waals surface area contributed by atoms with E-state index in [1.54, 1.807) is 0 Å². The molecule has 1 aliphatic heterocycles. The first-order chi connectivity index (χ1) is 10.6. The van der Waals surface area contributed by atoms with Gasteiger partial charge in [0.1, 0.15) is 18.0 Å². The number of nitrogens with zero attached hydrogens (tertiary/aromatic N) is 4. The Balaban J connectivity index is 1.70. The van der Waals surface area contributed by atoms with Crippen LogP contribution in [0.4, 0.5) is 11.6 Å². The molecule has 0 unspecified atom stereocenters. The molecule has 0 aromatic carbocycles. The molecule has 0 atom stereocenters. The van der Waals surface area contributed by atoms with Crippen LogP contribution in [0.2, 0.25) is 0 Å². The number of carbonyl (C=O) groups is 1. The van der Waals surface area contributed by atoms with E-state index in [1.165, 1.54) is 17.7 Å². The number of hydrogen-bond donors (Lipinski definition) is 1. The van der Waals surface area contributed by atoms with Gasteiger partial charge in [-0.15, -0.1) is 11.3 Å². The molecule has 22 heavy (non-hydrogen) atoms. The number of likely N-dealkylation sites (N-methyl/N-ethyl adjacent to an activating group) is 1. The Kier molecular flexibility index (Phi) is 4.35. The summed E-state index contributed by atoms with van der Waals surface area (Å²) in [5, 5.41) is 4.81. The van der Waals surface area contributed by atoms with Crippen molar-refractivity contribution in [1.29, 1.82) is 0 Å². The minimum atomic E-state index is -0.124. The van der Waals surface area contributed by atoms with E-state index < -0.39 is 0 Å². The number of rotatable bonds is 3. The predicted octanol–water partition coefficient (Wildman–Crippen LogP) is 1.85. The zero-order valence-electron chi connectivity index (χ0n) is 12.7. The summed E-state index contributed by atoms with van der Waals surface area (Å²) in [7, 11) is 2.12. The lowest BCUT2D eigenvalue weighted by Crippen LogP contribution is -2.44. The van der Waals surface area contributed by atoms with Crippen LogP contribution >= 0.6 is 11.3 Å². The highest BCUT2D eigenvalue weighted by Crippen LogP contribution is 2.18. The van der Waals surface area contributed by atoms with E-state index >= 15 is 0 Å². The van der Waals surface area contributed by atoms with Crippen molar-refractivity contribution in [1.82, 2.24) is 14.9 Å². The minimum absolute atomic E-state index is 0.124. The zero-order chi connectivity index (χ0) is 15.5. The summed E-state index contributed by atoms with van der Waals surface area (Å²) in [6.45, 7) is 5.87. The Morgan fingerprint density at radius 3 is 2.68 bits per heavy atom. The lowest BCUT2D eigenvalue weighted by atomic mass is 10.3. The van der Waals surface area contributed by atoms with E-state index in [0.717, 1.165) is 37.6 Å². The minimum Gasteiger partial charge on any atom is -0.354 e. The van der Waals surface area contributed by atoms with Gasteiger partial charge in [-0.05, 0) is 31.0 Å². The maximum absolute atomic E-state index is 12.2. The molecule has 7 heteroatoms. The monoisotopic (exact) mass is 317 g/mol. The Hall–Kier alpha value is -1.99. The van der Waals surface area contributed by atoms with Gasteiger partial charge < -0.3 is 15.1 Å². The second kappa shape index (κ2) is 6.41. The Bertz CT molecular complexity index is 663. The van der Waals surface area contributed by atoms with Crippen molar-refractivity contribution < 1.29 is 4.79 Å². The fourth-order valence-electron chi connectivity index (χ4n) is 2.35. The largest absolute Gasteiger partial charge is 0.354 e. The summed E-state index contributed by atoms with van der Waals surface area (Å²) in [5.74, 6) is 1.28. The van der Waals surface area contributed by atoms with Crippen LogP contribution in [-0.2, 0) is 0 Å². The number of aryl methyl sites for hydroxylation is 1. The lowest BCUT2D eigenvalue weighted by Gasteiger charge is -2.33. The molecule has 1 saturated heterocycles. The van der Waals surface area contributed by atoms with Crippen molar-refractivity contribution in [2.75, 3.05) is 43.4 Å². The molecule has 0 saturated carbocycles. The standard InChI is InChI=1S/C15H19N5OS/c1-11-7-12(22-9-11)15(21)18-13-8-14(17-10-16-13)20-5-3-19(2)4-6-20/h7-10H,3-6H2,1-2H3,(H,16,17,18,21). The Labute approximate surface area is 133 Å². The van der Waals surface area contributed by atoms with Crippen LogP contribution in [0.3, 0.4) is 0 Å². The molecule has 3 heterocycles. The molecule has 116 valence electrons. The van der Waals surface area contributed by atoms with Gasteiger partial charge in [-0.3, -0.25) is 4.79 Å².